The third-order valence-corrected chi connectivity index (χ3v) is 3.85. The number of rotatable bonds is 2. The van der Waals surface area contributed by atoms with Gasteiger partial charge in [0.05, 0.1) is 5.56 Å². The van der Waals surface area contributed by atoms with Crippen LogP contribution in [0.25, 0.3) is 0 Å². The Labute approximate surface area is 133 Å². The zero-order valence-corrected chi connectivity index (χ0v) is 12.4. The monoisotopic (exact) mass is 310 g/mol. The number of pyridine rings is 1. The van der Waals surface area contributed by atoms with Gasteiger partial charge in [-0.15, -0.1) is 0 Å². The van der Waals surface area contributed by atoms with E-state index in [9.17, 15) is 9.18 Å². The van der Waals surface area contributed by atoms with Crippen molar-refractivity contribution in [1.29, 1.82) is 5.26 Å². The van der Waals surface area contributed by atoms with Gasteiger partial charge in [-0.25, -0.2) is 9.37 Å². The molecule has 5 nitrogen and oxygen atoms in total. The first-order chi connectivity index (χ1) is 11.2. The van der Waals surface area contributed by atoms with Gasteiger partial charge >= 0.3 is 0 Å². The maximum Gasteiger partial charge on any atom is 0.254 e. The van der Waals surface area contributed by atoms with Crippen molar-refractivity contribution in [1.82, 2.24) is 9.88 Å². The van der Waals surface area contributed by atoms with Crippen LogP contribution in [0.4, 0.5) is 10.2 Å². The number of hydrogen-bond acceptors (Lipinski definition) is 4. The van der Waals surface area contributed by atoms with E-state index in [-0.39, 0.29) is 5.91 Å². The lowest BCUT2D eigenvalue weighted by atomic mass is 10.1. The Morgan fingerprint density at radius 3 is 2.65 bits per heavy atom. The van der Waals surface area contributed by atoms with Gasteiger partial charge in [-0.2, -0.15) is 5.26 Å². The van der Waals surface area contributed by atoms with Crippen LogP contribution in [-0.2, 0) is 0 Å². The number of hydrogen-bond donors (Lipinski definition) is 0. The molecule has 1 amide bonds. The van der Waals surface area contributed by atoms with Gasteiger partial charge in [0.15, 0.2) is 0 Å². The minimum absolute atomic E-state index is 0.175. The number of halogens is 1. The zero-order chi connectivity index (χ0) is 16.2. The van der Waals surface area contributed by atoms with Gasteiger partial charge in [-0.1, -0.05) is 6.07 Å². The van der Waals surface area contributed by atoms with Crippen LogP contribution in [0.2, 0.25) is 0 Å². The molecule has 0 unspecified atom stereocenters. The van der Waals surface area contributed by atoms with Crippen molar-refractivity contribution in [2.24, 2.45) is 0 Å². The van der Waals surface area contributed by atoms with E-state index in [0.717, 1.165) is 0 Å². The van der Waals surface area contributed by atoms with Crippen molar-refractivity contribution in [3.63, 3.8) is 0 Å². The summed E-state index contributed by atoms with van der Waals surface area (Å²) in [7, 11) is 0. The number of amides is 1. The van der Waals surface area contributed by atoms with E-state index < -0.39 is 5.82 Å². The third kappa shape index (κ3) is 3.14. The van der Waals surface area contributed by atoms with Crippen molar-refractivity contribution in [3.05, 3.63) is 59.5 Å². The third-order valence-electron chi connectivity index (χ3n) is 3.85. The number of nitriles is 1. The molecule has 1 aliphatic heterocycles. The molecule has 1 aliphatic rings. The standard InChI is InChI=1S/C17H15FN4O/c18-15-5-1-3-13(11-15)17(23)22-9-7-21(8-10-22)16-14(12-19)4-2-6-20-16/h1-6,11H,7-10H2. The quantitative estimate of drug-likeness (QED) is 0.852. The van der Waals surface area contributed by atoms with Crippen molar-refractivity contribution >= 4 is 11.7 Å². The van der Waals surface area contributed by atoms with E-state index >= 15 is 0 Å². The van der Waals surface area contributed by atoms with Gasteiger partial charge in [-0.05, 0) is 30.3 Å². The lowest BCUT2D eigenvalue weighted by Crippen LogP contribution is -2.49. The van der Waals surface area contributed by atoms with E-state index in [1.807, 2.05) is 4.90 Å². The van der Waals surface area contributed by atoms with Gasteiger partial charge in [0.25, 0.3) is 5.91 Å². The van der Waals surface area contributed by atoms with Gasteiger partial charge in [0.2, 0.25) is 0 Å². The first kappa shape index (κ1) is 15.0. The smallest absolute Gasteiger partial charge is 0.254 e. The molecule has 1 fully saturated rings. The molecule has 0 N–H and O–H groups in total. The average Bonchev–Trinajstić information content (AvgIpc) is 2.61. The minimum atomic E-state index is -0.415. The Morgan fingerprint density at radius 1 is 1.17 bits per heavy atom. The fourth-order valence-corrected chi connectivity index (χ4v) is 2.66. The van der Waals surface area contributed by atoms with Crippen LogP contribution in [0, 0.1) is 17.1 Å². The second-order valence-electron chi connectivity index (χ2n) is 5.28. The van der Waals surface area contributed by atoms with Crippen LogP contribution < -0.4 is 4.90 Å². The summed E-state index contributed by atoms with van der Waals surface area (Å²) >= 11 is 0. The molecule has 2 heterocycles. The molecule has 0 spiro atoms. The van der Waals surface area contributed by atoms with E-state index in [2.05, 4.69) is 11.1 Å². The van der Waals surface area contributed by atoms with Crippen molar-refractivity contribution < 1.29 is 9.18 Å². The molecule has 3 rings (SSSR count). The minimum Gasteiger partial charge on any atom is -0.352 e. The molecule has 1 aromatic carbocycles. The summed E-state index contributed by atoms with van der Waals surface area (Å²) in [6, 6.07) is 11.3. The Morgan fingerprint density at radius 2 is 1.96 bits per heavy atom. The molecule has 0 saturated carbocycles. The summed E-state index contributed by atoms with van der Waals surface area (Å²) in [5.74, 6) is 0.0557. The number of carbonyl (C=O) groups is 1. The highest BCUT2D eigenvalue weighted by atomic mass is 19.1. The number of nitrogens with zero attached hydrogens (tertiary/aromatic N) is 4. The molecular formula is C17H15FN4O. The fourth-order valence-electron chi connectivity index (χ4n) is 2.66. The van der Waals surface area contributed by atoms with Gasteiger partial charge < -0.3 is 9.80 Å². The Balaban J connectivity index is 1.69. The lowest BCUT2D eigenvalue weighted by molar-refractivity contribution is 0.0746. The molecule has 0 bridgehead atoms. The molecular weight excluding hydrogens is 295 g/mol. The van der Waals surface area contributed by atoms with Crippen LogP contribution in [-0.4, -0.2) is 42.0 Å². The van der Waals surface area contributed by atoms with Crippen LogP contribution in [0.15, 0.2) is 42.6 Å². The summed E-state index contributed by atoms with van der Waals surface area (Å²) in [5, 5.41) is 9.15. The molecule has 0 radical (unpaired) electrons. The fraction of sp³-hybridized carbons (Fsp3) is 0.235. The van der Waals surface area contributed by atoms with E-state index in [1.165, 1.54) is 18.2 Å². The Kier molecular flexibility index (Phi) is 4.20. The summed E-state index contributed by atoms with van der Waals surface area (Å²) < 4.78 is 13.2. The summed E-state index contributed by atoms with van der Waals surface area (Å²) in [6.45, 7) is 2.20. The number of carbonyl (C=O) groups excluding carboxylic acids is 1. The maximum atomic E-state index is 13.2. The molecule has 0 aliphatic carbocycles. The van der Waals surface area contributed by atoms with E-state index in [4.69, 9.17) is 5.26 Å². The van der Waals surface area contributed by atoms with Crippen molar-refractivity contribution in [2.45, 2.75) is 0 Å². The highest BCUT2D eigenvalue weighted by Gasteiger charge is 2.24. The molecule has 6 heteroatoms. The zero-order valence-electron chi connectivity index (χ0n) is 12.4. The second-order valence-corrected chi connectivity index (χ2v) is 5.28. The van der Waals surface area contributed by atoms with Gasteiger partial charge in [0, 0.05) is 37.9 Å². The summed E-state index contributed by atoms with van der Waals surface area (Å²) in [5.41, 5.74) is 0.881. The predicted octanol–water partition coefficient (Wildman–Crippen LogP) is 2.05. The second kappa shape index (κ2) is 6.44. The highest BCUT2D eigenvalue weighted by molar-refractivity contribution is 5.94. The van der Waals surface area contributed by atoms with Crippen LogP contribution >= 0.6 is 0 Å². The lowest BCUT2D eigenvalue weighted by Gasteiger charge is -2.35. The summed E-state index contributed by atoms with van der Waals surface area (Å²) in [6.07, 6.45) is 1.65. The molecule has 23 heavy (non-hydrogen) atoms. The number of piperazine rings is 1. The van der Waals surface area contributed by atoms with Crippen molar-refractivity contribution in [2.75, 3.05) is 31.1 Å². The molecule has 2 aromatic rings. The SMILES string of the molecule is N#Cc1cccnc1N1CCN(C(=O)c2cccc(F)c2)CC1. The first-order valence-corrected chi connectivity index (χ1v) is 7.34. The van der Waals surface area contributed by atoms with E-state index in [1.54, 1.807) is 29.3 Å². The Bertz CT molecular complexity index is 763. The molecule has 0 atom stereocenters. The molecule has 1 aromatic heterocycles. The topological polar surface area (TPSA) is 60.2 Å². The predicted molar refractivity (Wildman–Crippen MR) is 83.5 cm³/mol. The van der Waals surface area contributed by atoms with Crippen LogP contribution in [0.3, 0.4) is 0 Å². The van der Waals surface area contributed by atoms with Crippen LogP contribution in [0.1, 0.15) is 15.9 Å². The normalized spacial score (nSPS) is 14.4. The van der Waals surface area contributed by atoms with Gasteiger partial charge in [-0.3, -0.25) is 4.79 Å². The highest BCUT2D eigenvalue weighted by Crippen LogP contribution is 2.19. The van der Waals surface area contributed by atoms with Gasteiger partial charge in [0.1, 0.15) is 17.7 Å². The number of anilines is 1. The summed E-state index contributed by atoms with van der Waals surface area (Å²) in [4.78, 5) is 20.3. The Hall–Kier alpha value is -2.94. The molecule has 116 valence electrons. The van der Waals surface area contributed by atoms with Crippen LogP contribution in [0.5, 0.6) is 0 Å². The first-order valence-electron chi connectivity index (χ1n) is 7.34. The van der Waals surface area contributed by atoms with E-state index in [0.29, 0.717) is 43.1 Å². The maximum absolute atomic E-state index is 13.2. The number of benzene rings is 1. The molecule has 1 saturated heterocycles. The van der Waals surface area contributed by atoms with Crippen molar-refractivity contribution in [3.8, 4) is 6.07 Å². The largest absolute Gasteiger partial charge is 0.352 e. The number of aromatic nitrogens is 1. The average molecular weight is 310 g/mol.